The Balaban J connectivity index is 1.94. The zero-order valence-corrected chi connectivity index (χ0v) is 10.7. The molecule has 0 fully saturated rings. The monoisotopic (exact) mass is 256 g/mol. The van der Waals surface area contributed by atoms with Gasteiger partial charge >= 0.3 is 0 Å². The summed E-state index contributed by atoms with van der Waals surface area (Å²) in [6.45, 7) is 0. The minimum absolute atomic E-state index is 0.0279. The van der Waals surface area contributed by atoms with Gasteiger partial charge in [0.1, 0.15) is 17.6 Å². The van der Waals surface area contributed by atoms with E-state index in [0.717, 1.165) is 29.0 Å². The molecule has 0 spiro atoms. The molecule has 19 heavy (non-hydrogen) atoms. The number of hydrogen-bond donors (Lipinski definition) is 1. The molecule has 1 unspecified atom stereocenters. The highest BCUT2D eigenvalue weighted by Crippen LogP contribution is 2.40. The Morgan fingerprint density at radius 1 is 1.37 bits per heavy atom. The fraction of sp³-hybridized carbons (Fsp3) is 0.267. The van der Waals surface area contributed by atoms with Crippen LogP contribution in [0.5, 0.6) is 11.5 Å². The predicted molar refractivity (Wildman–Crippen MR) is 72.1 cm³/mol. The lowest BCUT2D eigenvalue weighted by Crippen LogP contribution is -2.24. The second-order valence-electron chi connectivity index (χ2n) is 4.64. The Morgan fingerprint density at radius 2 is 2.26 bits per heavy atom. The Hall–Kier alpha value is -2.07. The van der Waals surface area contributed by atoms with Gasteiger partial charge in [0.05, 0.1) is 7.11 Å². The van der Waals surface area contributed by atoms with Crippen LogP contribution in [0.2, 0.25) is 0 Å². The molecule has 2 N–H and O–H groups in total. The molecular formula is C15H16N2O2. The molecule has 98 valence electrons. The van der Waals surface area contributed by atoms with Crippen LogP contribution in [0.3, 0.4) is 0 Å². The zero-order chi connectivity index (χ0) is 13.2. The van der Waals surface area contributed by atoms with Crippen molar-refractivity contribution in [1.29, 1.82) is 0 Å². The lowest BCUT2D eigenvalue weighted by molar-refractivity contribution is 0.160. The van der Waals surface area contributed by atoms with Crippen LogP contribution in [0, 0.1) is 0 Å². The smallest absolute Gasteiger partial charge is 0.128 e. The normalized spacial score (nSPS) is 21.4. The van der Waals surface area contributed by atoms with E-state index in [9.17, 15) is 0 Å². The van der Waals surface area contributed by atoms with Gasteiger partial charge in [-0.15, -0.1) is 0 Å². The lowest BCUT2D eigenvalue weighted by atomic mass is 9.94. The topological polar surface area (TPSA) is 57.4 Å². The van der Waals surface area contributed by atoms with Crippen molar-refractivity contribution in [1.82, 2.24) is 4.98 Å². The molecule has 1 aromatic heterocycles. The minimum Gasteiger partial charge on any atom is -0.497 e. The summed E-state index contributed by atoms with van der Waals surface area (Å²) in [5.41, 5.74) is 8.30. The van der Waals surface area contributed by atoms with Gasteiger partial charge in [0.25, 0.3) is 0 Å². The SMILES string of the molecule is COc1ccc2c(c1)OC(c1cccnc1)C[C@H]2N. The summed E-state index contributed by atoms with van der Waals surface area (Å²) in [6, 6.07) is 9.66. The molecule has 4 nitrogen and oxygen atoms in total. The highest BCUT2D eigenvalue weighted by molar-refractivity contribution is 5.44. The van der Waals surface area contributed by atoms with Crippen LogP contribution in [-0.4, -0.2) is 12.1 Å². The number of pyridine rings is 1. The Bertz CT molecular complexity index is 572. The summed E-state index contributed by atoms with van der Waals surface area (Å²) in [7, 11) is 1.64. The first-order valence-corrected chi connectivity index (χ1v) is 6.28. The molecule has 0 bridgehead atoms. The first-order valence-electron chi connectivity index (χ1n) is 6.28. The molecule has 1 aliphatic heterocycles. The maximum atomic E-state index is 6.22. The Kier molecular flexibility index (Phi) is 3.09. The van der Waals surface area contributed by atoms with E-state index in [0.29, 0.717) is 0 Å². The first-order chi connectivity index (χ1) is 9.28. The van der Waals surface area contributed by atoms with E-state index >= 15 is 0 Å². The summed E-state index contributed by atoms with van der Waals surface area (Å²) in [4.78, 5) is 4.13. The number of hydrogen-bond acceptors (Lipinski definition) is 4. The third kappa shape index (κ3) is 2.27. The standard InChI is InChI=1S/C15H16N2O2/c1-18-11-4-5-12-13(16)8-14(19-15(12)7-11)10-3-2-6-17-9-10/h2-7,9,13-14H,8,16H2,1H3/t13-,14?/m1/s1. The van der Waals surface area contributed by atoms with E-state index in [1.807, 2.05) is 36.5 Å². The molecule has 2 heterocycles. The van der Waals surface area contributed by atoms with E-state index in [1.165, 1.54) is 0 Å². The maximum absolute atomic E-state index is 6.22. The van der Waals surface area contributed by atoms with Gasteiger partial charge in [-0.3, -0.25) is 4.98 Å². The number of nitrogens with zero attached hydrogens (tertiary/aromatic N) is 1. The number of benzene rings is 1. The van der Waals surface area contributed by atoms with Crippen molar-refractivity contribution in [2.24, 2.45) is 5.73 Å². The number of fused-ring (bicyclic) bond motifs is 1. The highest BCUT2D eigenvalue weighted by atomic mass is 16.5. The molecule has 0 radical (unpaired) electrons. The second kappa shape index (κ2) is 4.90. The molecule has 0 saturated carbocycles. The van der Waals surface area contributed by atoms with E-state index in [-0.39, 0.29) is 12.1 Å². The fourth-order valence-corrected chi connectivity index (χ4v) is 2.38. The van der Waals surface area contributed by atoms with Gasteiger partial charge < -0.3 is 15.2 Å². The molecule has 4 heteroatoms. The number of rotatable bonds is 2. The van der Waals surface area contributed by atoms with Gasteiger partial charge in [-0.05, 0) is 12.1 Å². The summed E-state index contributed by atoms with van der Waals surface area (Å²) in [5.74, 6) is 1.57. The third-order valence-electron chi connectivity index (χ3n) is 3.41. The zero-order valence-electron chi connectivity index (χ0n) is 10.7. The predicted octanol–water partition coefficient (Wildman–Crippen LogP) is 2.61. The molecule has 2 aromatic rings. The van der Waals surface area contributed by atoms with Gasteiger partial charge in [-0.2, -0.15) is 0 Å². The van der Waals surface area contributed by atoms with E-state index in [2.05, 4.69) is 4.98 Å². The van der Waals surface area contributed by atoms with E-state index < -0.39 is 0 Å². The van der Waals surface area contributed by atoms with Gasteiger partial charge in [0.15, 0.2) is 0 Å². The fourth-order valence-electron chi connectivity index (χ4n) is 2.38. The van der Waals surface area contributed by atoms with Crippen molar-refractivity contribution in [2.45, 2.75) is 18.6 Å². The number of ether oxygens (including phenoxy) is 2. The van der Waals surface area contributed by atoms with Gasteiger partial charge in [-0.25, -0.2) is 0 Å². The molecular weight excluding hydrogens is 240 g/mol. The van der Waals surface area contributed by atoms with Gasteiger partial charge in [-0.1, -0.05) is 12.1 Å². The molecule has 1 aliphatic rings. The quantitative estimate of drug-likeness (QED) is 0.897. The average Bonchev–Trinajstić information content (AvgIpc) is 2.47. The van der Waals surface area contributed by atoms with Crippen molar-refractivity contribution >= 4 is 0 Å². The van der Waals surface area contributed by atoms with Gasteiger partial charge in [0, 0.05) is 42.0 Å². The Morgan fingerprint density at radius 3 is 3.00 bits per heavy atom. The van der Waals surface area contributed by atoms with E-state index in [4.69, 9.17) is 15.2 Å². The summed E-state index contributed by atoms with van der Waals surface area (Å²) in [6.07, 6.45) is 4.28. The molecule has 0 amide bonds. The van der Waals surface area contributed by atoms with Crippen LogP contribution in [0.4, 0.5) is 0 Å². The molecule has 3 rings (SSSR count). The summed E-state index contributed by atoms with van der Waals surface area (Å²) >= 11 is 0. The number of nitrogens with two attached hydrogens (primary N) is 1. The van der Waals surface area contributed by atoms with Crippen molar-refractivity contribution in [2.75, 3.05) is 7.11 Å². The van der Waals surface area contributed by atoms with Crippen LogP contribution in [-0.2, 0) is 0 Å². The van der Waals surface area contributed by atoms with Crippen LogP contribution in [0.15, 0.2) is 42.7 Å². The van der Waals surface area contributed by atoms with Crippen molar-refractivity contribution in [3.8, 4) is 11.5 Å². The second-order valence-corrected chi connectivity index (χ2v) is 4.64. The third-order valence-corrected chi connectivity index (χ3v) is 3.41. The van der Waals surface area contributed by atoms with Crippen LogP contribution < -0.4 is 15.2 Å². The van der Waals surface area contributed by atoms with Gasteiger partial charge in [0.2, 0.25) is 0 Å². The largest absolute Gasteiger partial charge is 0.497 e. The van der Waals surface area contributed by atoms with Crippen LogP contribution in [0.1, 0.15) is 29.7 Å². The molecule has 0 aliphatic carbocycles. The van der Waals surface area contributed by atoms with Crippen LogP contribution >= 0.6 is 0 Å². The summed E-state index contributed by atoms with van der Waals surface area (Å²) in [5, 5.41) is 0. The first kappa shape index (κ1) is 12.0. The highest BCUT2D eigenvalue weighted by Gasteiger charge is 2.27. The number of methoxy groups -OCH3 is 1. The molecule has 1 aromatic carbocycles. The molecule has 0 saturated heterocycles. The summed E-state index contributed by atoms with van der Waals surface area (Å²) < 4.78 is 11.3. The lowest BCUT2D eigenvalue weighted by Gasteiger charge is -2.30. The number of aromatic nitrogens is 1. The van der Waals surface area contributed by atoms with Crippen molar-refractivity contribution < 1.29 is 9.47 Å². The van der Waals surface area contributed by atoms with E-state index in [1.54, 1.807) is 13.3 Å². The minimum atomic E-state index is -0.0525. The van der Waals surface area contributed by atoms with Crippen molar-refractivity contribution in [3.05, 3.63) is 53.9 Å². The van der Waals surface area contributed by atoms with Crippen LogP contribution in [0.25, 0.3) is 0 Å². The van der Waals surface area contributed by atoms with Crippen molar-refractivity contribution in [3.63, 3.8) is 0 Å². The average molecular weight is 256 g/mol. The Labute approximate surface area is 112 Å². The maximum Gasteiger partial charge on any atom is 0.128 e. The molecule has 2 atom stereocenters.